The Bertz CT molecular complexity index is 6110. The predicted molar refractivity (Wildman–Crippen MR) is 350 cm³/mol. The lowest BCUT2D eigenvalue weighted by Gasteiger charge is -2.12. The molecule has 0 unspecified atom stereocenters. The minimum absolute atomic E-state index is 1.23. The molecule has 21 aromatic rings. The van der Waals surface area contributed by atoms with Gasteiger partial charge in [0.1, 0.15) is 0 Å². The fourth-order valence-electron chi connectivity index (χ4n) is 16.5. The van der Waals surface area contributed by atoms with Crippen LogP contribution in [0.25, 0.3) is 215 Å². The molecule has 0 saturated carbocycles. The number of fused-ring (bicyclic) bond motifs is 24. The van der Waals surface area contributed by atoms with Gasteiger partial charge in [0.2, 0.25) is 0 Å². The summed E-state index contributed by atoms with van der Waals surface area (Å²) in [6.45, 7) is 0. The molecule has 0 aliphatic carbocycles. The second kappa shape index (κ2) is 14.0. The first-order chi connectivity index (χ1) is 39.7. The van der Waals surface area contributed by atoms with Gasteiger partial charge < -0.3 is 0 Å². The molecule has 0 saturated heterocycles. The van der Waals surface area contributed by atoms with Gasteiger partial charge in [0.05, 0.1) is 0 Å². The maximum atomic E-state index is 2.56. The molecule has 0 aliphatic heterocycles. The van der Waals surface area contributed by atoms with Crippen molar-refractivity contribution < 1.29 is 0 Å². The van der Waals surface area contributed by atoms with Crippen molar-refractivity contribution in [1.29, 1.82) is 0 Å². The second-order valence-corrected chi connectivity index (χ2v) is 23.2. The van der Waals surface area contributed by atoms with E-state index in [2.05, 4.69) is 243 Å². The van der Waals surface area contributed by atoms with Gasteiger partial charge >= 0.3 is 0 Å². The van der Waals surface area contributed by atoms with Gasteiger partial charge in [0, 0.05) is 0 Å². The first-order valence-electron chi connectivity index (χ1n) is 28.2. The van der Waals surface area contributed by atoms with E-state index in [-0.39, 0.29) is 0 Å². The van der Waals surface area contributed by atoms with Crippen LogP contribution in [0.2, 0.25) is 0 Å². The number of benzene rings is 15. The van der Waals surface area contributed by atoms with Crippen molar-refractivity contribution in [3.8, 4) is 0 Å². The third kappa shape index (κ3) is 4.77. The van der Waals surface area contributed by atoms with E-state index in [1.54, 1.807) is 0 Å². The van der Waals surface area contributed by atoms with Crippen molar-refractivity contribution in [3.63, 3.8) is 0 Å². The van der Waals surface area contributed by atoms with Crippen LogP contribution in [0.15, 0.2) is 243 Å². The molecule has 8 bridgehead atoms. The van der Waals surface area contributed by atoms with E-state index < -0.39 is 0 Å². The molecular formula is C80H40. The van der Waals surface area contributed by atoms with Crippen LogP contribution in [0.4, 0.5) is 0 Å². The number of rotatable bonds is 0. The standard InChI is InChI=1S/C80H40/c1-2-12-48-47(11-1)63-29-31-65-57-23-27-61-51-15-5-9-19-55(51)71-37-43(39-73(57)77(61)71)45-21-25-59-49-13-3-7-17-53(49)69-35-41(33-67(45)75(59)69)42-34-68-46(22-26-60-50-14-4-8-18-54(50)70(36-42)76(60)68)44-38-72-56-20-10-6-16-52(56)62-28-24-58(74(40-44)78(62)72)66-32-30-64(48)79(63)80(65)66/h1-40H. The van der Waals surface area contributed by atoms with Crippen molar-refractivity contribution in [2.45, 2.75) is 0 Å². The first kappa shape index (κ1) is 40.8. The van der Waals surface area contributed by atoms with Crippen LogP contribution in [-0.4, -0.2) is 0 Å². The molecule has 0 fully saturated rings. The Labute approximate surface area is 455 Å². The number of hydrogen-bond acceptors (Lipinski definition) is 0. The summed E-state index contributed by atoms with van der Waals surface area (Å²) in [5.41, 5.74) is 0. The summed E-state index contributed by atoms with van der Waals surface area (Å²) in [6.07, 6.45) is 0. The van der Waals surface area contributed by atoms with Crippen LogP contribution < -0.4 is 0 Å². The average molecular weight is 1000 g/mol. The molecular weight excluding hydrogens is 961 g/mol. The highest BCUT2D eigenvalue weighted by Crippen LogP contribution is 2.51. The fourth-order valence-corrected chi connectivity index (χ4v) is 16.5. The second-order valence-electron chi connectivity index (χ2n) is 23.2. The molecule has 0 aliphatic rings. The van der Waals surface area contributed by atoms with Crippen LogP contribution in [-0.2, 0) is 0 Å². The Hall–Kier alpha value is -10.4. The van der Waals surface area contributed by atoms with Crippen LogP contribution >= 0.6 is 0 Å². The Morgan fingerprint density at radius 3 is 0.487 bits per heavy atom. The Kier molecular flexibility index (Phi) is 7.14. The molecule has 0 nitrogen and oxygen atoms in total. The van der Waals surface area contributed by atoms with Gasteiger partial charge in [-0.25, -0.2) is 0 Å². The Balaban J connectivity index is 1.10. The smallest absolute Gasteiger partial charge is 0.00139 e. The van der Waals surface area contributed by atoms with Gasteiger partial charge in [-0.1, -0.05) is 194 Å². The van der Waals surface area contributed by atoms with Crippen molar-refractivity contribution >= 4 is 215 Å². The lowest BCUT2D eigenvalue weighted by molar-refractivity contribution is 1.86. The molecule has 0 amide bonds. The lowest BCUT2D eigenvalue weighted by atomic mass is 9.91. The molecule has 0 atom stereocenters. The minimum atomic E-state index is 1.23. The quantitative estimate of drug-likeness (QED) is 0.142. The highest BCUT2D eigenvalue weighted by atomic mass is 14.3. The molecule has 21 aromatic carbocycles. The van der Waals surface area contributed by atoms with Gasteiger partial charge in [-0.2, -0.15) is 0 Å². The molecule has 0 aromatic heterocycles. The Morgan fingerprint density at radius 2 is 0.250 bits per heavy atom. The first-order valence-corrected chi connectivity index (χ1v) is 28.2. The molecule has 0 spiro atoms. The van der Waals surface area contributed by atoms with Gasteiger partial charge in [0.15, 0.2) is 0 Å². The fraction of sp³-hybridized carbons (Fsp3) is 0. The highest BCUT2D eigenvalue weighted by molar-refractivity contribution is 6.44. The molecule has 360 valence electrons. The average Bonchev–Trinajstić information content (AvgIpc) is 4.48. The zero-order chi connectivity index (χ0) is 51.4. The monoisotopic (exact) mass is 1000 g/mol. The minimum Gasteiger partial charge on any atom is -0.0616 e. The molecule has 0 radical (unpaired) electrons. The summed E-state index contributed by atoms with van der Waals surface area (Å²) in [5.74, 6) is 0. The van der Waals surface area contributed by atoms with E-state index in [1.165, 1.54) is 215 Å². The van der Waals surface area contributed by atoms with Gasteiger partial charge in [-0.15, -0.1) is 0 Å². The zero-order valence-corrected chi connectivity index (χ0v) is 43.1. The summed E-state index contributed by atoms with van der Waals surface area (Å²) in [7, 11) is 0. The largest absolute Gasteiger partial charge is 0.0616 e. The maximum absolute atomic E-state index is 2.56. The maximum Gasteiger partial charge on any atom is -0.00139 e. The van der Waals surface area contributed by atoms with Crippen LogP contribution in [0.3, 0.4) is 0 Å². The number of hydrogen-bond donors (Lipinski definition) is 0. The third-order valence-electron chi connectivity index (χ3n) is 19.7. The highest BCUT2D eigenvalue weighted by Gasteiger charge is 2.23. The van der Waals surface area contributed by atoms with Crippen molar-refractivity contribution in [2.24, 2.45) is 0 Å². The Morgan fingerprint density at radius 1 is 0.100 bits per heavy atom. The van der Waals surface area contributed by atoms with Gasteiger partial charge in [0.25, 0.3) is 0 Å². The van der Waals surface area contributed by atoms with E-state index in [1.807, 2.05) is 0 Å². The van der Waals surface area contributed by atoms with Crippen molar-refractivity contribution in [2.75, 3.05) is 0 Å². The van der Waals surface area contributed by atoms with Crippen molar-refractivity contribution in [1.82, 2.24) is 0 Å². The van der Waals surface area contributed by atoms with Gasteiger partial charge in [-0.05, 0) is 264 Å². The van der Waals surface area contributed by atoms with E-state index >= 15 is 0 Å². The molecule has 80 heavy (non-hydrogen) atoms. The topological polar surface area (TPSA) is 0 Å². The third-order valence-corrected chi connectivity index (χ3v) is 19.7. The summed E-state index contributed by atoms with van der Waals surface area (Å²) in [5, 5.41) is 51.8. The van der Waals surface area contributed by atoms with E-state index in [0.717, 1.165) is 0 Å². The van der Waals surface area contributed by atoms with E-state index in [0.29, 0.717) is 0 Å². The molecule has 21 rings (SSSR count). The van der Waals surface area contributed by atoms with Crippen molar-refractivity contribution in [3.05, 3.63) is 243 Å². The molecule has 0 heterocycles. The SMILES string of the molecule is c1ccc2c(c1)c1ccc3c4cc5c6ccccc6c6ccc(c(c4)c65)c4ccc5c6ccccc6c6ccc(c7ccc8c9ccccc9c9cc(cc7c89)c7ccc8c9ccccc9c9cc(cc7c89)c7cc3c1c2c7)c4c56. The summed E-state index contributed by atoms with van der Waals surface area (Å²) >= 11 is 0. The predicted octanol–water partition coefficient (Wildman–Crippen LogP) is 23.1. The van der Waals surface area contributed by atoms with E-state index in [4.69, 9.17) is 0 Å². The summed E-state index contributed by atoms with van der Waals surface area (Å²) in [6, 6.07) is 94.9. The van der Waals surface area contributed by atoms with Crippen LogP contribution in [0, 0.1) is 0 Å². The van der Waals surface area contributed by atoms with Gasteiger partial charge in [-0.3, -0.25) is 0 Å². The van der Waals surface area contributed by atoms with E-state index in [9.17, 15) is 0 Å². The summed E-state index contributed by atoms with van der Waals surface area (Å²) in [4.78, 5) is 0. The van der Waals surface area contributed by atoms with Crippen LogP contribution in [0.5, 0.6) is 0 Å². The molecule has 0 N–H and O–H groups in total. The summed E-state index contributed by atoms with van der Waals surface area (Å²) < 4.78 is 0. The zero-order valence-electron chi connectivity index (χ0n) is 43.1. The normalized spacial score (nSPS) is 13.0. The van der Waals surface area contributed by atoms with Crippen LogP contribution in [0.1, 0.15) is 0 Å². The molecule has 0 heteroatoms. The lowest BCUT2D eigenvalue weighted by Crippen LogP contribution is -1.84.